The lowest BCUT2D eigenvalue weighted by molar-refractivity contribution is 0.0735. The lowest BCUT2D eigenvalue weighted by atomic mass is 10.3. The van der Waals surface area contributed by atoms with Crippen molar-refractivity contribution in [3.63, 3.8) is 0 Å². The van der Waals surface area contributed by atoms with E-state index in [1.165, 1.54) is 0 Å². The second kappa shape index (κ2) is 5.69. The standard InChI is InChI=1S/C15H18N2O3/c1-10(2)17-8-7-13(14(17)16)15(18)20-12-6-4-5-11(9-12)19-3/h4-10H,16H2,1-3H3. The number of esters is 1. The summed E-state index contributed by atoms with van der Waals surface area (Å²) < 4.78 is 12.2. The minimum Gasteiger partial charge on any atom is -0.497 e. The van der Waals surface area contributed by atoms with E-state index in [0.29, 0.717) is 22.9 Å². The summed E-state index contributed by atoms with van der Waals surface area (Å²) in [6.07, 6.45) is 1.78. The van der Waals surface area contributed by atoms with Gasteiger partial charge in [0.1, 0.15) is 22.9 Å². The minimum absolute atomic E-state index is 0.188. The monoisotopic (exact) mass is 274 g/mol. The number of benzene rings is 1. The third-order valence-corrected chi connectivity index (χ3v) is 2.98. The molecule has 0 saturated carbocycles. The molecule has 5 nitrogen and oxygen atoms in total. The van der Waals surface area contributed by atoms with Crippen molar-refractivity contribution in [2.24, 2.45) is 0 Å². The van der Waals surface area contributed by atoms with E-state index in [4.69, 9.17) is 15.2 Å². The average molecular weight is 274 g/mol. The Bertz CT molecular complexity index is 617. The van der Waals surface area contributed by atoms with Gasteiger partial charge in [0.2, 0.25) is 0 Å². The molecule has 0 saturated heterocycles. The average Bonchev–Trinajstić information content (AvgIpc) is 2.81. The fourth-order valence-corrected chi connectivity index (χ4v) is 1.91. The molecule has 0 aliphatic rings. The van der Waals surface area contributed by atoms with Crippen molar-refractivity contribution in [1.29, 1.82) is 0 Å². The lowest BCUT2D eigenvalue weighted by Crippen LogP contribution is -2.12. The molecule has 0 fully saturated rings. The van der Waals surface area contributed by atoms with Crippen molar-refractivity contribution in [2.45, 2.75) is 19.9 Å². The Morgan fingerprint density at radius 2 is 1.95 bits per heavy atom. The fourth-order valence-electron chi connectivity index (χ4n) is 1.91. The van der Waals surface area contributed by atoms with Crippen LogP contribution in [0.3, 0.4) is 0 Å². The van der Waals surface area contributed by atoms with E-state index < -0.39 is 5.97 Å². The van der Waals surface area contributed by atoms with E-state index in [-0.39, 0.29) is 6.04 Å². The number of carbonyl (C=O) groups is 1. The molecular weight excluding hydrogens is 256 g/mol. The van der Waals surface area contributed by atoms with Crippen LogP contribution in [-0.4, -0.2) is 17.6 Å². The number of nitrogen functional groups attached to an aromatic ring is 1. The van der Waals surface area contributed by atoms with Crippen molar-refractivity contribution < 1.29 is 14.3 Å². The first kappa shape index (κ1) is 14.0. The summed E-state index contributed by atoms with van der Waals surface area (Å²) in [7, 11) is 1.56. The molecule has 0 radical (unpaired) electrons. The molecular formula is C15H18N2O3. The van der Waals surface area contributed by atoms with Crippen LogP contribution in [0.4, 0.5) is 5.82 Å². The number of carbonyl (C=O) groups excluding carboxylic acids is 1. The summed E-state index contributed by atoms with van der Waals surface area (Å²) >= 11 is 0. The largest absolute Gasteiger partial charge is 0.497 e. The number of ether oxygens (including phenoxy) is 2. The number of nitrogens with two attached hydrogens (primary N) is 1. The van der Waals surface area contributed by atoms with Crippen LogP contribution >= 0.6 is 0 Å². The maximum Gasteiger partial charge on any atom is 0.347 e. The van der Waals surface area contributed by atoms with Crippen LogP contribution in [0.1, 0.15) is 30.2 Å². The smallest absolute Gasteiger partial charge is 0.347 e. The van der Waals surface area contributed by atoms with Crippen molar-refractivity contribution in [2.75, 3.05) is 12.8 Å². The highest BCUT2D eigenvalue weighted by Gasteiger charge is 2.17. The number of anilines is 1. The lowest BCUT2D eigenvalue weighted by Gasteiger charge is -2.10. The number of hydrogen-bond donors (Lipinski definition) is 1. The number of rotatable bonds is 4. The number of aromatic nitrogens is 1. The van der Waals surface area contributed by atoms with Crippen LogP contribution in [0.2, 0.25) is 0 Å². The summed E-state index contributed by atoms with van der Waals surface area (Å²) in [5.74, 6) is 0.983. The Balaban J connectivity index is 2.19. The Kier molecular flexibility index (Phi) is 3.98. The third kappa shape index (κ3) is 2.77. The van der Waals surface area contributed by atoms with E-state index >= 15 is 0 Å². The van der Waals surface area contributed by atoms with Crippen LogP contribution in [0.25, 0.3) is 0 Å². The van der Waals surface area contributed by atoms with Gasteiger partial charge in [-0.3, -0.25) is 0 Å². The number of hydrogen-bond acceptors (Lipinski definition) is 4. The minimum atomic E-state index is -0.477. The molecule has 5 heteroatoms. The maximum atomic E-state index is 12.1. The van der Waals surface area contributed by atoms with E-state index in [0.717, 1.165) is 0 Å². The highest BCUT2D eigenvalue weighted by molar-refractivity contribution is 5.95. The fraction of sp³-hybridized carbons (Fsp3) is 0.267. The van der Waals surface area contributed by atoms with Gasteiger partial charge in [0, 0.05) is 18.3 Å². The van der Waals surface area contributed by atoms with Gasteiger partial charge in [0.15, 0.2) is 0 Å². The van der Waals surface area contributed by atoms with E-state index in [9.17, 15) is 4.79 Å². The molecule has 2 N–H and O–H groups in total. The van der Waals surface area contributed by atoms with Gasteiger partial charge in [-0.2, -0.15) is 0 Å². The molecule has 20 heavy (non-hydrogen) atoms. The van der Waals surface area contributed by atoms with Gasteiger partial charge < -0.3 is 19.8 Å². The topological polar surface area (TPSA) is 66.5 Å². The molecule has 1 aromatic heterocycles. The molecule has 0 bridgehead atoms. The van der Waals surface area contributed by atoms with Crippen LogP contribution in [0, 0.1) is 0 Å². The van der Waals surface area contributed by atoms with Gasteiger partial charge in [0.05, 0.1) is 7.11 Å². The van der Waals surface area contributed by atoms with Crippen molar-refractivity contribution >= 4 is 11.8 Å². The van der Waals surface area contributed by atoms with Crippen LogP contribution < -0.4 is 15.2 Å². The summed E-state index contributed by atoms with van der Waals surface area (Å²) in [6.45, 7) is 3.99. The Morgan fingerprint density at radius 3 is 2.55 bits per heavy atom. The van der Waals surface area contributed by atoms with Crippen molar-refractivity contribution in [3.8, 4) is 11.5 Å². The van der Waals surface area contributed by atoms with Crippen LogP contribution in [0.5, 0.6) is 11.5 Å². The van der Waals surface area contributed by atoms with E-state index in [1.807, 2.05) is 18.4 Å². The summed E-state index contributed by atoms with van der Waals surface area (Å²) in [5, 5.41) is 0. The summed E-state index contributed by atoms with van der Waals surface area (Å²) in [5.41, 5.74) is 6.31. The molecule has 1 aromatic carbocycles. The van der Waals surface area contributed by atoms with Gasteiger partial charge in [-0.1, -0.05) is 6.07 Å². The highest BCUT2D eigenvalue weighted by atomic mass is 16.5. The molecule has 106 valence electrons. The number of methoxy groups -OCH3 is 1. The van der Waals surface area contributed by atoms with Crippen LogP contribution in [0.15, 0.2) is 36.5 Å². The highest BCUT2D eigenvalue weighted by Crippen LogP contribution is 2.23. The molecule has 0 atom stereocenters. The summed E-state index contributed by atoms with van der Waals surface area (Å²) in [6, 6.07) is 8.72. The Hall–Kier alpha value is -2.43. The Labute approximate surface area is 117 Å². The van der Waals surface area contributed by atoms with E-state index in [2.05, 4.69) is 0 Å². The number of nitrogens with zero attached hydrogens (tertiary/aromatic N) is 1. The molecule has 0 amide bonds. The van der Waals surface area contributed by atoms with Crippen LogP contribution in [-0.2, 0) is 0 Å². The SMILES string of the molecule is COc1cccc(OC(=O)c2ccn(C(C)C)c2N)c1. The first-order valence-electron chi connectivity index (χ1n) is 6.35. The zero-order chi connectivity index (χ0) is 14.7. The zero-order valence-electron chi connectivity index (χ0n) is 11.8. The molecule has 0 aliphatic heterocycles. The first-order chi connectivity index (χ1) is 9.52. The molecule has 1 heterocycles. The second-order valence-electron chi connectivity index (χ2n) is 4.68. The first-order valence-corrected chi connectivity index (χ1v) is 6.35. The molecule has 2 aromatic rings. The normalized spacial score (nSPS) is 10.6. The van der Waals surface area contributed by atoms with Crippen molar-refractivity contribution in [3.05, 3.63) is 42.1 Å². The quantitative estimate of drug-likeness (QED) is 0.687. The maximum absolute atomic E-state index is 12.1. The van der Waals surface area contributed by atoms with Gasteiger partial charge in [-0.05, 0) is 32.0 Å². The third-order valence-electron chi connectivity index (χ3n) is 2.98. The van der Waals surface area contributed by atoms with Gasteiger partial charge in [-0.15, -0.1) is 0 Å². The predicted octanol–water partition coefficient (Wildman–Crippen LogP) is 2.88. The van der Waals surface area contributed by atoms with Gasteiger partial charge >= 0.3 is 5.97 Å². The predicted molar refractivity (Wildman–Crippen MR) is 77.2 cm³/mol. The molecule has 0 unspecified atom stereocenters. The summed E-state index contributed by atoms with van der Waals surface area (Å²) in [4.78, 5) is 12.1. The molecule has 0 spiro atoms. The van der Waals surface area contributed by atoms with Gasteiger partial charge in [-0.25, -0.2) is 4.79 Å². The second-order valence-corrected chi connectivity index (χ2v) is 4.68. The van der Waals surface area contributed by atoms with Gasteiger partial charge in [0.25, 0.3) is 0 Å². The molecule has 0 aliphatic carbocycles. The molecule has 2 rings (SSSR count). The van der Waals surface area contributed by atoms with Crippen molar-refractivity contribution in [1.82, 2.24) is 4.57 Å². The zero-order valence-corrected chi connectivity index (χ0v) is 11.8. The van der Waals surface area contributed by atoms with E-state index in [1.54, 1.807) is 43.6 Å². The Morgan fingerprint density at radius 1 is 1.25 bits per heavy atom.